The van der Waals surface area contributed by atoms with E-state index in [1.807, 2.05) is 20.8 Å². The van der Waals surface area contributed by atoms with Gasteiger partial charge in [-0.15, -0.1) is 0 Å². The molecule has 5 nitrogen and oxygen atoms in total. The SMILES string of the molecule is CCCC(N)c1nc(C(C)(C)OCC)no1. The third kappa shape index (κ3) is 3.02. The van der Waals surface area contributed by atoms with Gasteiger partial charge in [-0.1, -0.05) is 18.5 Å². The molecule has 0 aliphatic heterocycles. The molecule has 0 spiro atoms. The lowest BCUT2D eigenvalue weighted by Crippen LogP contribution is -2.23. The number of nitrogens with two attached hydrogens (primary N) is 1. The fourth-order valence-electron chi connectivity index (χ4n) is 1.49. The third-order valence-corrected chi connectivity index (χ3v) is 2.40. The van der Waals surface area contributed by atoms with Gasteiger partial charge < -0.3 is 15.0 Å². The fourth-order valence-corrected chi connectivity index (χ4v) is 1.49. The summed E-state index contributed by atoms with van der Waals surface area (Å²) in [7, 11) is 0. The summed E-state index contributed by atoms with van der Waals surface area (Å²) in [5.41, 5.74) is 5.37. The van der Waals surface area contributed by atoms with Gasteiger partial charge >= 0.3 is 0 Å². The molecule has 1 aromatic rings. The molecule has 0 aliphatic rings. The second-order valence-corrected chi connectivity index (χ2v) is 4.29. The van der Waals surface area contributed by atoms with Gasteiger partial charge in [-0.2, -0.15) is 4.98 Å². The Morgan fingerprint density at radius 3 is 2.69 bits per heavy atom. The van der Waals surface area contributed by atoms with Crippen LogP contribution in [0.1, 0.15) is 58.3 Å². The second kappa shape index (κ2) is 5.41. The number of nitrogens with zero attached hydrogens (tertiary/aromatic N) is 2. The van der Waals surface area contributed by atoms with E-state index in [9.17, 15) is 0 Å². The van der Waals surface area contributed by atoms with E-state index in [-0.39, 0.29) is 6.04 Å². The van der Waals surface area contributed by atoms with Gasteiger partial charge in [-0.05, 0) is 27.2 Å². The first-order valence-corrected chi connectivity index (χ1v) is 5.74. The van der Waals surface area contributed by atoms with E-state index < -0.39 is 5.60 Å². The lowest BCUT2D eigenvalue weighted by atomic mass is 10.1. The molecule has 0 aromatic carbocycles. The van der Waals surface area contributed by atoms with E-state index in [1.165, 1.54) is 0 Å². The van der Waals surface area contributed by atoms with Gasteiger partial charge in [-0.25, -0.2) is 0 Å². The van der Waals surface area contributed by atoms with Crippen molar-refractivity contribution in [3.05, 3.63) is 11.7 Å². The maximum atomic E-state index is 5.90. The molecule has 1 rings (SSSR count). The van der Waals surface area contributed by atoms with Gasteiger partial charge in [0, 0.05) is 6.61 Å². The molecule has 0 aliphatic carbocycles. The van der Waals surface area contributed by atoms with Gasteiger partial charge in [0.05, 0.1) is 6.04 Å². The van der Waals surface area contributed by atoms with Crippen LogP contribution in [0.25, 0.3) is 0 Å². The Hall–Kier alpha value is -0.940. The fraction of sp³-hybridized carbons (Fsp3) is 0.818. The number of hydrogen-bond donors (Lipinski definition) is 1. The summed E-state index contributed by atoms with van der Waals surface area (Å²) in [6.45, 7) is 8.44. The largest absolute Gasteiger partial charge is 0.368 e. The van der Waals surface area contributed by atoms with E-state index in [4.69, 9.17) is 15.0 Å². The molecule has 92 valence electrons. The van der Waals surface area contributed by atoms with Crippen molar-refractivity contribution in [2.45, 2.75) is 52.2 Å². The summed E-state index contributed by atoms with van der Waals surface area (Å²) in [6.07, 6.45) is 1.84. The van der Waals surface area contributed by atoms with Crippen molar-refractivity contribution in [3.63, 3.8) is 0 Å². The lowest BCUT2D eigenvalue weighted by Gasteiger charge is -2.19. The Balaban J connectivity index is 2.78. The van der Waals surface area contributed by atoms with Gasteiger partial charge in [0.25, 0.3) is 0 Å². The minimum atomic E-state index is -0.525. The average molecular weight is 227 g/mol. The van der Waals surface area contributed by atoms with Crippen LogP contribution in [0, 0.1) is 0 Å². The predicted molar refractivity (Wildman–Crippen MR) is 60.8 cm³/mol. The highest BCUT2D eigenvalue weighted by atomic mass is 16.5. The highest BCUT2D eigenvalue weighted by Crippen LogP contribution is 2.23. The maximum absolute atomic E-state index is 5.90. The average Bonchev–Trinajstić information content (AvgIpc) is 2.67. The summed E-state index contributed by atoms with van der Waals surface area (Å²) < 4.78 is 10.7. The Labute approximate surface area is 96.4 Å². The van der Waals surface area contributed by atoms with Crippen LogP contribution in [0.3, 0.4) is 0 Å². The highest BCUT2D eigenvalue weighted by Gasteiger charge is 2.28. The summed E-state index contributed by atoms with van der Waals surface area (Å²) >= 11 is 0. The molecule has 0 fully saturated rings. The summed E-state index contributed by atoms with van der Waals surface area (Å²) in [5.74, 6) is 1.04. The van der Waals surface area contributed by atoms with Crippen molar-refractivity contribution < 1.29 is 9.26 Å². The lowest BCUT2D eigenvalue weighted by molar-refractivity contribution is -0.0221. The minimum absolute atomic E-state index is 0.177. The molecule has 1 heterocycles. The van der Waals surface area contributed by atoms with Crippen LogP contribution in [0.15, 0.2) is 4.52 Å². The van der Waals surface area contributed by atoms with Crippen molar-refractivity contribution in [3.8, 4) is 0 Å². The smallest absolute Gasteiger partial charge is 0.243 e. The van der Waals surface area contributed by atoms with Crippen LogP contribution in [0.5, 0.6) is 0 Å². The molecule has 1 unspecified atom stereocenters. The minimum Gasteiger partial charge on any atom is -0.368 e. The Kier molecular flexibility index (Phi) is 4.44. The molecule has 0 radical (unpaired) electrons. The predicted octanol–water partition coefficient (Wildman–Crippen LogP) is 2.14. The summed E-state index contributed by atoms with van der Waals surface area (Å²) in [6, 6.07) is -0.177. The second-order valence-electron chi connectivity index (χ2n) is 4.29. The van der Waals surface area contributed by atoms with Crippen LogP contribution in [0.4, 0.5) is 0 Å². The molecular weight excluding hydrogens is 206 g/mol. The monoisotopic (exact) mass is 227 g/mol. The molecule has 0 saturated heterocycles. The molecule has 1 atom stereocenters. The molecule has 1 aromatic heterocycles. The summed E-state index contributed by atoms with van der Waals surface area (Å²) in [5, 5.41) is 3.92. The number of hydrogen-bond acceptors (Lipinski definition) is 5. The molecular formula is C11H21N3O2. The zero-order chi connectivity index (χ0) is 12.2. The van der Waals surface area contributed by atoms with Crippen LogP contribution in [0.2, 0.25) is 0 Å². The van der Waals surface area contributed by atoms with Crippen LogP contribution in [-0.2, 0) is 10.3 Å². The van der Waals surface area contributed by atoms with E-state index in [0.29, 0.717) is 18.3 Å². The van der Waals surface area contributed by atoms with Crippen molar-refractivity contribution in [1.29, 1.82) is 0 Å². The van der Waals surface area contributed by atoms with Gasteiger partial charge in [0.1, 0.15) is 5.60 Å². The van der Waals surface area contributed by atoms with Crippen molar-refractivity contribution in [1.82, 2.24) is 10.1 Å². The van der Waals surface area contributed by atoms with Crippen molar-refractivity contribution >= 4 is 0 Å². The van der Waals surface area contributed by atoms with Gasteiger partial charge in [-0.3, -0.25) is 0 Å². The Morgan fingerprint density at radius 2 is 2.12 bits per heavy atom. The summed E-state index contributed by atoms with van der Waals surface area (Å²) in [4.78, 5) is 4.29. The third-order valence-electron chi connectivity index (χ3n) is 2.40. The molecule has 2 N–H and O–H groups in total. The zero-order valence-electron chi connectivity index (χ0n) is 10.5. The quantitative estimate of drug-likeness (QED) is 0.805. The molecule has 16 heavy (non-hydrogen) atoms. The van der Waals surface area contributed by atoms with E-state index in [0.717, 1.165) is 12.8 Å². The van der Waals surface area contributed by atoms with E-state index >= 15 is 0 Å². The zero-order valence-corrected chi connectivity index (χ0v) is 10.5. The van der Waals surface area contributed by atoms with Gasteiger partial charge in [0.15, 0.2) is 0 Å². The topological polar surface area (TPSA) is 74.2 Å². The number of rotatable bonds is 6. The van der Waals surface area contributed by atoms with E-state index in [2.05, 4.69) is 17.1 Å². The molecule has 0 saturated carbocycles. The maximum Gasteiger partial charge on any atom is 0.243 e. The van der Waals surface area contributed by atoms with Crippen LogP contribution >= 0.6 is 0 Å². The van der Waals surface area contributed by atoms with Crippen molar-refractivity contribution in [2.24, 2.45) is 5.73 Å². The Bertz CT molecular complexity index is 323. The standard InChI is InChI=1S/C11H21N3O2/c1-5-7-8(12)9-13-10(14-16-9)11(3,4)15-6-2/h8H,5-7,12H2,1-4H3. The Morgan fingerprint density at radius 1 is 1.44 bits per heavy atom. The first-order valence-electron chi connectivity index (χ1n) is 5.74. The number of ether oxygens (including phenoxy) is 1. The van der Waals surface area contributed by atoms with Crippen LogP contribution < -0.4 is 5.73 Å². The normalized spacial score (nSPS) is 14.1. The highest BCUT2D eigenvalue weighted by molar-refractivity contribution is 4.99. The van der Waals surface area contributed by atoms with Crippen molar-refractivity contribution in [2.75, 3.05) is 6.61 Å². The van der Waals surface area contributed by atoms with E-state index in [1.54, 1.807) is 0 Å². The number of aromatic nitrogens is 2. The molecule has 0 bridgehead atoms. The van der Waals surface area contributed by atoms with Gasteiger partial charge in [0.2, 0.25) is 11.7 Å². The molecule has 0 amide bonds. The first-order chi connectivity index (χ1) is 7.51. The van der Waals surface area contributed by atoms with Crippen LogP contribution in [-0.4, -0.2) is 16.7 Å². The first kappa shape index (κ1) is 13.1. The molecule has 5 heteroatoms.